The summed E-state index contributed by atoms with van der Waals surface area (Å²) in [4.78, 5) is 26.8. The van der Waals surface area contributed by atoms with Gasteiger partial charge in [0.15, 0.2) is 0 Å². The van der Waals surface area contributed by atoms with E-state index in [-0.39, 0.29) is 11.7 Å². The average molecular weight is 465 g/mol. The highest BCUT2D eigenvalue weighted by atomic mass is 32.2. The van der Waals surface area contributed by atoms with Crippen molar-refractivity contribution in [2.24, 2.45) is 0 Å². The van der Waals surface area contributed by atoms with Crippen molar-refractivity contribution >= 4 is 44.9 Å². The summed E-state index contributed by atoms with van der Waals surface area (Å²) in [6.07, 6.45) is 1.54. The Kier molecular flexibility index (Phi) is 6.05. The largest absolute Gasteiger partial charge is 0.368 e. The minimum absolute atomic E-state index is 0.119. The van der Waals surface area contributed by atoms with E-state index in [4.69, 9.17) is 0 Å². The van der Waals surface area contributed by atoms with E-state index >= 15 is 0 Å². The molecule has 4 aromatic rings. The minimum atomic E-state index is -0.267. The molecule has 2 aromatic heterocycles. The third-order valence-corrected chi connectivity index (χ3v) is 7.44. The summed E-state index contributed by atoms with van der Waals surface area (Å²) >= 11 is 2.97. The van der Waals surface area contributed by atoms with Gasteiger partial charge in [0.25, 0.3) is 0 Å². The first-order valence-electron chi connectivity index (χ1n) is 10.4. The first-order chi connectivity index (χ1) is 15.7. The van der Waals surface area contributed by atoms with Gasteiger partial charge in [0.2, 0.25) is 5.91 Å². The van der Waals surface area contributed by atoms with E-state index in [0.29, 0.717) is 18.8 Å². The van der Waals surface area contributed by atoms with Gasteiger partial charge in [-0.2, -0.15) is 0 Å². The van der Waals surface area contributed by atoms with E-state index in [0.717, 1.165) is 39.5 Å². The van der Waals surface area contributed by atoms with Crippen molar-refractivity contribution < 1.29 is 9.18 Å². The summed E-state index contributed by atoms with van der Waals surface area (Å²) in [5.41, 5.74) is 3.08. The van der Waals surface area contributed by atoms with Crippen molar-refractivity contribution in [1.29, 1.82) is 0 Å². The summed E-state index contributed by atoms with van der Waals surface area (Å²) in [6, 6.07) is 16.7. The smallest absolute Gasteiger partial charge is 0.233 e. The molecule has 162 valence electrons. The van der Waals surface area contributed by atoms with Crippen LogP contribution in [0.2, 0.25) is 0 Å². The van der Waals surface area contributed by atoms with Crippen molar-refractivity contribution in [3.8, 4) is 11.1 Å². The number of fused-ring (bicyclic) bond motifs is 1. The number of thioether (sulfide) groups is 1. The number of para-hydroxylation sites is 1. The van der Waals surface area contributed by atoms with E-state index in [1.165, 1.54) is 40.9 Å². The van der Waals surface area contributed by atoms with Crippen molar-refractivity contribution in [3.05, 3.63) is 72.1 Å². The highest BCUT2D eigenvalue weighted by Gasteiger charge is 2.22. The van der Waals surface area contributed by atoms with Gasteiger partial charge in [-0.05, 0) is 29.8 Å². The number of aromatic nitrogens is 2. The van der Waals surface area contributed by atoms with Gasteiger partial charge >= 0.3 is 0 Å². The van der Waals surface area contributed by atoms with Crippen LogP contribution in [0.3, 0.4) is 0 Å². The van der Waals surface area contributed by atoms with Gasteiger partial charge in [-0.3, -0.25) is 4.79 Å². The summed E-state index contributed by atoms with van der Waals surface area (Å²) in [5, 5.41) is 3.73. The Morgan fingerprint density at radius 2 is 1.75 bits per heavy atom. The van der Waals surface area contributed by atoms with Crippen LogP contribution in [0.25, 0.3) is 21.3 Å². The standard InChI is InChI=1S/C24H21FN4OS2/c25-18-8-6-17(7-9-18)20-14-31-23-22(20)24(27-16-26-23)32-15-21(30)29-12-10-28(11-13-29)19-4-2-1-3-5-19/h1-9,14,16H,10-13,15H2. The summed E-state index contributed by atoms with van der Waals surface area (Å²) in [7, 11) is 0. The van der Waals surface area contributed by atoms with Crippen LogP contribution in [0.4, 0.5) is 10.1 Å². The first-order valence-corrected chi connectivity index (χ1v) is 12.2. The predicted octanol–water partition coefficient (Wildman–Crippen LogP) is 4.94. The maximum atomic E-state index is 13.4. The number of carbonyl (C=O) groups excluding carboxylic acids is 1. The predicted molar refractivity (Wildman–Crippen MR) is 129 cm³/mol. The van der Waals surface area contributed by atoms with Gasteiger partial charge < -0.3 is 9.80 Å². The molecule has 0 saturated carbocycles. The zero-order valence-corrected chi connectivity index (χ0v) is 18.9. The Balaban J connectivity index is 1.27. The molecule has 0 atom stereocenters. The quantitative estimate of drug-likeness (QED) is 0.309. The van der Waals surface area contributed by atoms with E-state index in [1.54, 1.807) is 18.5 Å². The molecule has 1 aliphatic heterocycles. The monoisotopic (exact) mass is 464 g/mol. The lowest BCUT2D eigenvalue weighted by atomic mass is 10.1. The highest BCUT2D eigenvalue weighted by molar-refractivity contribution is 8.00. The van der Waals surface area contributed by atoms with Gasteiger partial charge in [-0.1, -0.05) is 42.1 Å². The lowest BCUT2D eigenvalue weighted by molar-refractivity contribution is -0.128. The number of amides is 1. The molecule has 0 radical (unpaired) electrons. The molecule has 0 bridgehead atoms. The Morgan fingerprint density at radius 1 is 1.00 bits per heavy atom. The molecule has 8 heteroatoms. The number of carbonyl (C=O) groups is 1. The average Bonchev–Trinajstić information content (AvgIpc) is 3.28. The van der Waals surface area contributed by atoms with E-state index in [9.17, 15) is 9.18 Å². The number of nitrogens with zero attached hydrogens (tertiary/aromatic N) is 4. The van der Waals surface area contributed by atoms with Crippen molar-refractivity contribution in [1.82, 2.24) is 14.9 Å². The number of halogens is 1. The number of piperazine rings is 1. The Labute approximate surface area is 193 Å². The number of thiophene rings is 1. The SMILES string of the molecule is O=C(CSc1ncnc2scc(-c3ccc(F)cc3)c12)N1CCN(c2ccccc2)CC1. The van der Waals surface area contributed by atoms with Gasteiger partial charge in [-0.15, -0.1) is 11.3 Å². The third kappa shape index (κ3) is 4.33. The first kappa shape index (κ1) is 20.9. The fourth-order valence-corrected chi connectivity index (χ4v) is 5.77. The second kappa shape index (κ2) is 9.26. The van der Waals surface area contributed by atoms with Gasteiger partial charge in [0.05, 0.1) is 11.1 Å². The molecular weight excluding hydrogens is 443 g/mol. The summed E-state index contributed by atoms with van der Waals surface area (Å²) < 4.78 is 13.4. The van der Waals surface area contributed by atoms with Crippen LogP contribution < -0.4 is 4.90 Å². The van der Waals surface area contributed by atoms with Crippen LogP contribution in [0, 0.1) is 5.82 Å². The van der Waals surface area contributed by atoms with Crippen molar-refractivity contribution in [2.45, 2.75) is 5.03 Å². The maximum Gasteiger partial charge on any atom is 0.233 e. The Morgan fingerprint density at radius 3 is 2.50 bits per heavy atom. The summed E-state index contributed by atoms with van der Waals surface area (Å²) in [6.45, 7) is 3.09. The second-order valence-corrected chi connectivity index (χ2v) is 9.33. The molecule has 1 aliphatic rings. The molecule has 1 saturated heterocycles. The van der Waals surface area contributed by atoms with Crippen LogP contribution in [0.15, 0.2) is 71.3 Å². The molecule has 0 N–H and O–H groups in total. The van der Waals surface area contributed by atoms with Gasteiger partial charge in [0.1, 0.15) is 22.0 Å². The van der Waals surface area contributed by atoms with Gasteiger partial charge in [0, 0.05) is 42.8 Å². The number of hydrogen-bond donors (Lipinski definition) is 0. The Bertz CT molecular complexity index is 1220. The molecule has 0 aliphatic carbocycles. The van der Waals surface area contributed by atoms with Crippen LogP contribution in [-0.4, -0.2) is 52.7 Å². The molecule has 1 fully saturated rings. The molecule has 5 nitrogen and oxygen atoms in total. The molecular formula is C24H21FN4OS2. The van der Waals surface area contributed by atoms with Crippen molar-refractivity contribution in [3.63, 3.8) is 0 Å². The molecule has 1 amide bonds. The fourth-order valence-electron chi connectivity index (χ4n) is 3.87. The van der Waals surface area contributed by atoms with Crippen molar-refractivity contribution in [2.75, 3.05) is 36.8 Å². The van der Waals surface area contributed by atoms with Crippen LogP contribution >= 0.6 is 23.1 Å². The minimum Gasteiger partial charge on any atom is -0.368 e. The number of benzene rings is 2. The van der Waals surface area contributed by atoms with E-state index in [2.05, 4.69) is 27.0 Å². The number of anilines is 1. The summed E-state index contributed by atoms with van der Waals surface area (Å²) in [5.74, 6) is 0.181. The molecule has 32 heavy (non-hydrogen) atoms. The molecule has 5 rings (SSSR count). The lowest BCUT2D eigenvalue weighted by Gasteiger charge is -2.36. The molecule has 2 aromatic carbocycles. The molecule has 0 unspecified atom stereocenters. The number of hydrogen-bond acceptors (Lipinski definition) is 6. The fraction of sp³-hybridized carbons (Fsp3) is 0.208. The van der Waals surface area contributed by atoms with Crippen LogP contribution in [0.1, 0.15) is 0 Å². The van der Waals surface area contributed by atoms with E-state index in [1.807, 2.05) is 28.5 Å². The third-order valence-electron chi connectivity index (χ3n) is 5.58. The zero-order valence-electron chi connectivity index (χ0n) is 17.3. The highest BCUT2D eigenvalue weighted by Crippen LogP contribution is 2.38. The van der Waals surface area contributed by atoms with Crippen LogP contribution in [0.5, 0.6) is 0 Å². The number of rotatable bonds is 5. The zero-order chi connectivity index (χ0) is 21.9. The maximum absolute atomic E-state index is 13.4. The van der Waals surface area contributed by atoms with Gasteiger partial charge in [-0.25, -0.2) is 14.4 Å². The topological polar surface area (TPSA) is 49.3 Å². The normalized spacial score (nSPS) is 14.2. The van der Waals surface area contributed by atoms with E-state index < -0.39 is 0 Å². The lowest BCUT2D eigenvalue weighted by Crippen LogP contribution is -2.49. The Hall–Kier alpha value is -2.97. The van der Waals surface area contributed by atoms with Crippen LogP contribution in [-0.2, 0) is 4.79 Å². The molecule has 0 spiro atoms. The second-order valence-electron chi connectivity index (χ2n) is 7.51. The molecule has 3 heterocycles.